The lowest BCUT2D eigenvalue weighted by Crippen LogP contribution is -2.26. The van der Waals surface area contributed by atoms with Gasteiger partial charge in [0.25, 0.3) is 0 Å². The van der Waals surface area contributed by atoms with Gasteiger partial charge in [-0.3, -0.25) is 4.90 Å². The van der Waals surface area contributed by atoms with E-state index in [4.69, 9.17) is 0 Å². The van der Waals surface area contributed by atoms with Crippen molar-refractivity contribution in [3.05, 3.63) is 59.6 Å². The highest BCUT2D eigenvalue weighted by atomic mass is 79.9. The molecule has 2 nitrogen and oxygen atoms in total. The molecule has 0 aliphatic carbocycles. The summed E-state index contributed by atoms with van der Waals surface area (Å²) in [5.74, 6) is 0. The summed E-state index contributed by atoms with van der Waals surface area (Å²) < 4.78 is 1.03. The van der Waals surface area contributed by atoms with Crippen LogP contribution in [0.1, 0.15) is 18.1 Å². The lowest BCUT2D eigenvalue weighted by atomic mass is 10.1. The first-order valence-electron chi connectivity index (χ1n) is 6.05. The molecule has 0 aromatic heterocycles. The van der Waals surface area contributed by atoms with Gasteiger partial charge < -0.3 is 5.11 Å². The molecule has 18 heavy (non-hydrogen) atoms. The van der Waals surface area contributed by atoms with E-state index < -0.39 is 6.10 Å². The second kappa shape index (κ2) is 8.25. The zero-order valence-electron chi connectivity index (χ0n) is 10.6. The molecule has 0 heterocycles. The van der Waals surface area contributed by atoms with Gasteiger partial charge in [-0.25, -0.2) is 0 Å². The van der Waals surface area contributed by atoms with Crippen molar-refractivity contribution in [2.75, 3.05) is 19.6 Å². The van der Waals surface area contributed by atoms with E-state index in [1.54, 1.807) is 0 Å². The van der Waals surface area contributed by atoms with E-state index in [2.05, 4.69) is 34.0 Å². The molecule has 0 aliphatic heterocycles. The Morgan fingerprint density at radius 3 is 2.22 bits per heavy atom. The van der Waals surface area contributed by atoms with Crippen molar-refractivity contribution in [1.82, 2.24) is 4.90 Å². The Kier molecular flexibility index (Phi) is 6.94. The SMILES string of the molecule is C=CCN(CC=C)CCC(O)c1ccc(Br)cc1. The zero-order chi connectivity index (χ0) is 13.4. The Morgan fingerprint density at radius 1 is 1.17 bits per heavy atom. The quantitative estimate of drug-likeness (QED) is 0.742. The second-order valence-electron chi connectivity index (χ2n) is 4.19. The number of aliphatic hydroxyl groups is 1. The third kappa shape index (κ3) is 5.17. The molecule has 1 aromatic rings. The van der Waals surface area contributed by atoms with Crippen LogP contribution in [0.25, 0.3) is 0 Å². The van der Waals surface area contributed by atoms with Crippen LogP contribution in [-0.2, 0) is 0 Å². The van der Waals surface area contributed by atoms with Crippen LogP contribution in [0.2, 0.25) is 0 Å². The van der Waals surface area contributed by atoms with Gasteiger partial charge in [0.1, 0.15) is 0 Å². The Morgan fingerprint density at radius 2 is 1.72 bits per heavy atom. The van der Waals surface area contributed by atoms with E-state index in [9.17, 15) is 5.11 Å². The van der Waals surface area contributed by atoms with Gasteiger partial charge in [0.05, 0.1) is 6.10 Å². The number of benzene rings is 1. The smallest absolute Gasteiger partial charge is 0.0802 e. The summed E-state index contributed by atoms with van der Waals surface area (Å²) in [6, 6.07) is 7.79. The maximum Gasteiger partial charge on any atom is 0.0802 e. The molecule has 0 bridgehead atoms. The van der Waals surface area contributed by atoms with Crippen molar-refractivity contribution in [3.63, 3.8) is 0 Å². The first-order valence-corrected chi connectivity index (χ1v) is 6.84. The number of halogens is 1. The minimum atomic E-state index is -0.421. The molecular weight excluding hydrogens is 290 g/mol. The third-order valence-corrected chi connectivity index (χ3v) is 3.28. The van der Waals surface area contributed by atoms with Gasteiger partial charge in [-0.15, -0.1) is 13.2 Å². The Bertz CT molecular complexity index is 365. The predicted molar refractivity (Wildman–Crippen MR) is 80.6 cm³/mol. The molecule has 1 aromatic carbocycles. The standard InChI is InChI=1S/C15H20BrNO/c1-3-10-17(11-4-2)12-9-15(18)13-5-7-14(16)8-6-13/h3-8,15,18H,1-2,9-12H2. The van der Waals surface area contributed by atoms with E-state index in [0.29, 0.717) is 6.42 Å². The van der Waals surface area contributed by atoms with Crippen LogP contribution < -0.4 is 0 Å². The normalized spacial score (nSPS) is 12.4. The van der Waals surface area contributed by atoms with Crippen LogP contribution in [0.3, 0.4) is 0 Å². The van der Waals surface area contributed by atoms with E-state index >= 15 is 0 Å². The maximum atomic E-state index is 10.1. The summed E-state index contributed by atoms with van der Waals surface area (Å²) in [6.07, 6.45) is 4.03. The van der Waals surface area contributed by atoms with Gasteiger partial charge in [-0.1, -0.05) is 40.2 Å². The number of hydrogen-bond acceptors (Lipinski definition) is 2. The van der Waals surface area contributed by atoms with Gasteiger partial charge in [0, 0.05) is 24.1 Å². The van der Waals surface area contributed by atoms with Crippen LogP contribution in [0, 0.1) is 0 Å². The molecule has 1 N–H and O–H groups in total. The van der Waals surface area contributed by atoms with Crippen LogP contribution >= 0.6 is 15.9 Å². The summed E-state index contributed by atoms with van der Waals surface area (Å²) >= 11 is 3.39. The Labute approximate surface area is 118 Å². The predicted octanol–water partition coefficient (Wildman–Crippen LogP) is 3.55. The van der Waals surface area contributed by atoms with Crippen molar-refractivity contribution in [1.29, 1.82) is 0 Å². The highest BCUT2D eigenvalue weighted by Crippen LogP contribution is 2.19. The van der Waals surface area contributed by atoms with Crippen LogP contribution in [-0.4, -0.2) is 29.6 Å². The highest BCUT2D eigenvalue weighted by molar-refractivity contribution is 9.10. The van der Waals surface area contributed by atoms with Gasteiger partial charge in [-0.05, 0) is 24.1 Å². The average Bonchev–Trinajstić information content (AvgIpc) is 2.37. The van der Waals surface area contributed by atoms with Crippen molar-refractivity contribution < 1.29 is 5.11 Å². The lowest BCUT2D eigenvalue weighted by Gasteiger charge is -2.20. The van der Waals surface area contributed by atoms with Crippen molar-refractivity contribution >= 4 is 15.9 Å². The maximum absolute atomic E-state index is 10.1. The number of hydrogen-bond donors (Lipinski definition) is 1. The summed E-state index contributed by atoms with van der Waals surface area (Å²) in [7, 11) is 0. The molecule has 1 rings (SSSR count). The molecule has 0 radical (unpaired) electrons. The number of nitrogens with zero attached hydrogens (tertiary/aromatic N) is 1. The fourth-order valence-electron chi connectivity index (χ4n) is 1.78. The molecule has 0 aliphatic rings. The molecule has 1 atom stereocenters. The summed E-state index contributed by atoms with van der Waals surface area (Å²) in [4.78, 5) is 2.20. The van der Waals surface area contributed by atoms with Crippen molar-refractivity contribution in [2.24, 2.45) is 0 Å². The van der Waals surface area contributed by atoms with Gasteiger partial charge >= 0.3 is 0 Å². The first kappa shape index (κ1) is 15.2. The lowest BCUT2D eigenvalue weighted by molar-refractivity contribution is 0.148. The molecule has 0 fully saturated rings. The van der Waals surface area contributed by atoms with Crippen LogP contribution in [0.5, 0.6) is 0 Å². The molecule has 0 amide bonds. The molecule has 3 heteroatoms. The topological polar surface area (TPSA) is 23.5 Å². The average molecular weight is 310 g/mol. The van der Waals surface area contributed by atoms with E-state index in [0.717, 1.165) is 29.7 Å². The molecule has 0 saturated heterocycles. The van der Waals surface area contributed by atoms with Crippen LogP contribution in [0.4, 0.5) is 0 Å². The minimum Gasteiger partial charge on any atom is -0.388 e. The van der Waals surface area contributed by atoms with Crippen molar-refractivity contribution in [2.45, 2.75) is 12.5 Å². The van der Waals surface area contributed by atoms with Gasteiger partial charge in [-0.2, -0.15) is 0 Å². The Hall–Kier alpha value is -0.900. The molecule has 98 valence electrons. The van der Waals surface area contributed by atoms with Crippen LogP contribution in [0.15, 0.2) is 54.0 Å². The zero-order valence-corrected chi connectivity index (χ0v) is 12.1. The van der Waals surface area contributed by atoms with E-state index in [1.165, 1.54) is 0 Å². The van der Waals surface area contributed by atoms with Gasteiger partial charge in [0.2, 0.25) is 0 Å². The molecule has 1 unspecified atom stereocenters. The summed E-state index contributed by atoms with van der Waals surface area (Å²) in [5, 5.41) is 10.1. The monoisotopic (exact) mass is 309 g/mol. The molecule has 0 saturated carbocycles. The molecule has 0 spiro atoms. The Balaban J connectivity index is 2.48. The second-order valence-corrected chi connectivity index (χ2v) is 5.11. The fraction of sp³-hybridized carbons (Fsp3) is 0.333. The molecular formula is C15H20BrNO. The first-order chi connectivity index (χ1) is 8.67. The van der Waals surface area contributed by atoms with Crippen molar-refractivity contribution in [3.8, 4) is 0 Å². The number of aliphatic hydroxyl groups excluding tert-OH is 1. The highest BCUT2D eigenvalue weighted by Gasteiger charge is 2.09. The summed E-state index contributed by atoms with van der Waals surface area (Å²) in [6.45, 7) is 9.93. The van der Waals surface area contributed by atoms with E-state index in [1.807, 2.05) is 36.4 Å². The largest absolute Gasteiger partial charge is 0.388 e. The fourth-order valence-corrected chi connectivity index (χ4v) is 2.04. The number of rotatable bonds is 8. The third-order valence-electron chi connectivity index (χ3n) is 2.75. The van der Waals surface area contributed by atoms with Gasteiger partial charge in [0.15, 0.2) is 0 Å². The minimum absolute atomic E-state index is 0.421. The van der Waals surface area contributed by atoms with E-state index in [-0.39, 0.29) is 0 Å². The summed E-state index contributed by atoms with van der Waals surface area (Å²) in [5.41, 5.74) is 0.954.